The third-order valence-corrected chi connectivity index (χ3v) is 3.65. The van der Waals surface area contributed by atoms with Gasteiger partial charge >= 0.3 is 0 Å². The molecule has 0 saturated carbocycles. The van der Waals surface area contributed by atoms with Gasteiger partial charge in [-0.1, -0.05) is 21.6 Å². The van der Waals surface area contributed by atoms with Gasteiger partial charge in [-0.3, -0.25) is 0 Å². The first-order valence-electron chi connectivity index (χ1n) is 2.28. The van der Waals surface area contributed by atoms with Crippen LogP contribution in [0.25, 0.3) is 0 Å². The third kappa shape index (κ3) is 1.55. The normalized spacial score (nSPS) is 23.6. The second-order valence-electron chi connectivity index (χ2n) is 1.62. The molecule has 0 aromatic heterocycles. The average molecular weight is 136 g/mol. The highest BCUT2D eigenvalue weighted by Crippen LogP contribution is 2.33. The lowest BCUT2D eigenvalue weighted by Gasteiger charge is -1.96. The molecule has 0 atom stereocenters. The van der Waals surface area contributed by atoms with E-state index in [2.05, 4.69) is 0 Å². The topological polar surface area (TPSA) is 20.2 Å². The van der Waals surface area contributed by atoms with Gasteiger partial charge in [-0.25, -0.2) is 0 Å². The quantitative estimate of drug-likeness (QED) is 0.543. The molecule has 0 radical (unpaired) electrons. The van der Waals surface area contributed by atoms with Gasteiger partial charge < -0.3 is 5.11 Å². The maximum atomic E-state index is 8.54. The fraction of sp³-hybridized carbons (Fsp3) is 1.00. The van der Waals surface area contributed by atoms with Crippen LogP contribution in [0.2, 0.25) is 0 Å². The van der Waals surface area contributed by atoms with Gasteiger partial charge in [-0.15, -0.1) is 0 Å². The fourth-order valence-corrected chi connectivity index (χ4v) is 3.35. The first kappa shape index (κ1) is 5.79. The monoisotopic (exact) mass is 136 g/mol. The summed E-state index contributed by atoms with van der Waals surface area (Å²) in [6.45, 7) is 0.375. The molecule has 0 aromatic carbocycles. The van der Waals surface area contributed by atoms with E-state index in [0.717, 1.165) is 11.5 Å². The minimum absolute atomic E-state index is 0.375. The van der Waals surface area contributed by atoms with Crippen LogP contribution in [0.5, 0.6) is 0 Å². The summed E-state index contributed by atoms with van der Waals surface area (Å²) in [4.78, 5) is 0. The molecule has 0 aromatic rings. The summed E-state index contributed by atoms with van der Waals surface area (Å²) >= 11 is 0. The van der Waals surface area contributed by atoms with E-state index >= 15 is 0 Å². The van der Waals surface area contributed by atoms with Crippen molar-refractivity contribution in [3.8, 4) is 0 Å². The molecule has 42 valence electrons. The molecule has 3 heteroatoms. The molecule has 0 bridgehead atoms. The van der Waals surface area contributed by atoms with Crippen LogP contribution in [0.3, 0.4) is 0 Å². The van der Waals surface area contributed by atoms with Crippen LogP contribution >= 0.6 is 21.6 Å². The summed E-state index contributed by atoms with van der Waals surface area (Å²) in [7, 11) is 3.73. The molecule has 0 aliphatic carbocycles. The summed E-state index contributed by atoms with van der Waals surface area (Å²) in [6.07, 6.45) is 0. The molecule has 1 aliphatic heterocycles. The lowest BCUT2D eigenvalue weighted by atomic mass is 10.2. The van der Waals surface area contributed by atoms with Crippen LogP contribution < -0.4 is 0 Å². The van der Waals surface area contributed by atoms with E-state index in [1.54, 1.807) is 0 Å². The minimum Gasteiger partial charge on any atom is -0.396 e. The molecule has 1 rings (SSSR count). The molecule has 1 nitrogen and oxygen atoms in total. The molecular formula is C4H8OS2. The predicted molar refractivity (Wildman–Crippen MR) is 35.5 cm³/mol. The SMILES string of the molecule is OCC1CSSC1. The zero-order valence-corrected chi connectivity index (χ0v) is 5.60. The highest BCUT2D eigenvalue weighted by molar-refractivity contribution is 8.77. The Morgan fingerprint density at radius 1 is 1.43 bits per heavy atom. The number of rotatable bonds is 1. The average Bonchev–Trinajstić information content (AvgIpc) is 2.14. The smallest absolute Gasteiger partial charge is 0.0475 e. The maximum absolute atomic E-state index is 8.54. The van der Waals surface area contributed by atoms with E-state index in [1.165, 1.54) is 0 Å². The Morgan fingerprint density at radius 2 is 2.00 bits per heavy atom. The van der Waals surface area contributed by atoms with Gasteiger partial charge in [0.25, 0.3) is 0 Å². The Morgan fingerprint density at radius 3 is 2.29 bits per heavy atom. The van der Waals surface area contributed by atoms with E-state index in [4.69, 9.17) is 5.11 Å². The molecular weight excluding hydrogens is 128 g/mol. The molecule has 1 fully saturated rings. The molecule has 1 aliphatic rings. The summed E-state index contributed by atoms with van der Waals surface area (Å²) in [5, 5.41) is 8.54. The Balaban J connectivity index is 2.14. The lowest BCUT2D eigenvalue weighted by Crippen LogP contribution is -2.05. The molecule has 7 heavy (non-hydrogen) atoms. The van der Waals surface area contributed by atoms with Crippen molar-refractivity contribution in [1.29, 1.82) is 0 Å². The van der Waals surface area contributed by atoms with Crippen molar-refractivity contribution in [3.05, 3.63) is 0 Å². The molecule has 1 saturated heterocycles. The minimum atomic E-state index is 0.375. The Kier molecular flexibility index (Phi) is 2.35. The van der Waals surface area contributed by atoms with E-state index in [-0.39, 0.29) is 0 Å². The zero-order chi connectivity index (χ0) is 5.11. The van der Waals surface area contributed by atoms with Crippen LogP contribution in [0.4, 0.5) is 0 Å². The summed E-state index contributed by atoms with van der Waals surface area (Å²) in [5.41, 5.74) is 0. The second kappa shape index (κ2) is 2.84. The Bertz CT molecular complexity index is 51.7. The highest BCUT2D eigenvalue weighted by Gasteiger charge is 2.13. The largest absolute Gasteiger partial charge is 0.396 e. The van der Waals surface area contributed by atoms with Gasteiger partial charge in [-0.2, -0.15) is 0 Å². The van der Waals surface area contributed by atoms with Gasteiger partial charge in [0, 0.05) is 24.0 Å². The summed E-state index contributed by atoms with van der Waals surface area (Å²) < 4.78 is 0. The van der Waals surface area contributed by atoms with Crippen LogP contribution in [-0.4, -0.2) is 23.2 Å². The van der Waals surface area contributed by atoms with Gasteiger partial charge in [0.2, 0.25) is 0 Å². The van der Waals surface area contributed by atoms with E-state index in [1.807, 2.05) is 21.6 Å². The summed E-state index contributed by atoms with van der Waals surface area (Å²) in [6, 6.07) is 0. The van der Waals surface area contributed by atoms with Gasteiger partial charge in [0.05, 0.1) is 0 Å². The molecule has 1 N–H and O–H groups in total. The first-order chi connectivity index (χ1) is 3.43. The molecule has 1 heterocycles. The number of hydrogen-bond donors (Lipinski definition) is 1. The van der Waals surface area contributed by atoms with Crippen molar-refractivity contribution in [2.75, 3.05) is 18.1 Å². The lowest BCUT2D eigenvalue weighted by molar-refractivity contribution is 0.254. The van der Waals surface area contributed by atoms with E-state index in [0.29, 0.717) is 12.5 Å². The summed E-state index contributed by atoms with van der Waals surface area (Å²) in [5.74, 6) is 2.86. The van der Waals surface area contributed by atoms with Crippen molar-refractivity contribution < 1.29 is 5.11 Å². The standard InChI is InChI=1S/C4H8OS2/c5-1-4-2-6-7-3-4/h4-5H,1-3H2. The van der Waals surface area contributed by atoms with Crippen molar-refractivity contribution in [3.63, 3.8) is 0 Å². The van der Waals surface area contributed by atoms with Crippen LogP contribution in [0.1, 0.15) is 0 Å². The van der Waals surface area contributed by atoms with Gasteiger partial charge in [0.15, 0.2) is 0 Å². The zero-order valence-electron chi connectivity index (χ0n) is 3.96. The number of hydrogen-bond acceptors (Lipinski definition) is 3. The molecule has 0 spiro atoms. The van der Waals surface area contributed by atoms with Crippen LogP contribution in [-0.2, 0) is 0 Å². The van der Waals surface area contributed by atoms with Gasteiger partial charge in [-0.05, 0) is 0 Å². The van der Waals surface area contributed by atoms with E-state index in [9.17, 15) is 0 Å². The Labute approximate surface area is 51.3 Å². The Hall–Kier alpha value is 0.660. The van der Waals surface area contributed by atoms with Crippen molar-refractivity contribution in [2.24, 2.45) is 5.92 Å². The molecule has 0 unspecified atom stereocenters. The number of aliphatic hydroxyl groups is 1. The van der Waals surface area contributed by atoms with Crippen LogP contribution in [0, 0.1) is 5.92 Å². The van der Waals surface area contributed by atoms with Crippen molar-refractivity contribution >= 4 is 21.6 Å². The highest BCUT2D eigenvalue weighted by atomic mass is 33.1. The van der Waals surface area contributed by atoms with E-state index < -0.39 is 0 Å². The van der Waals surface area contributed by atoms with Crippen molar-refractivity contribution in [2.45, 2.75) is 0 Å². The van der Waals surface area contributed by atoms with Crippen LogP contribution in [0.15, 0.2) is 0 Å². The van der Waals surface area contributed by atoms with Gasteiger partial charge in [0.1, 0.15) is 0 Å². The second-order valence-corrected chi connectivity index (χ2v) is 4.17. The predicted octanol–water partition coefficient (Wildman–Crippen LogP) is 0.990. The first-order valence-corrected chi connectivity index (χ1v) is 4.77. The maximum Gasteiger partial charge on any atom is 0.0475 e. The number of aliphatic hydroxyl groups excluding tert-OH is 1. The molecule has 0 amide bonds. The third-order valence-electron chi connectivity index (χ3n) is 0.949. The van der Waals surface area contributed by atoms with Crippen molar-refractivity contribution in [1.82, 2.24) is 0 Å². The fourth-order valence-electron chi connectivity index (χ4n) is 0.442.